The van der Waals surface area contributed by atoms with Crippen molar-refractivity contribution >= 4 is 66.1 Å². The maximum atomic E-state index is 3.40. The molecule has 1 aromatic heterocycles. The van der Waals surface area contributed by atoms with E-state index in [0.717, 1.165) is 17.9 Å². The lowest BCUT2D eigenvalue weighted by Gasteiger charge is -2.26. The predicted molar refractivity (Wildman–Crippen MR) is 198 cm³/mol. The van der Waals surface area contributed by atoms with Gasteiger partial charge in [0, 0.05) is 28.2 Å². The summed E-state index contributed by atoms with van der Waals surface area (Å²) in [7, 11) is 0. The highest BCUT2D eigenvalue weighted by atomic mass is 32.1. The Balaban J connectivity index is 1.15. The van der Waals surface area contributed by atoms with E-state index in [1.165, 1.54) is 70.0 Å². The molecule has 2 nitrogen and oxygen atoms in total. The van der Waals surface area contributed by atoms with Crippen LogP contribution in [0, 0.1) is 0 Å². The average Bonchev–Trinajstić information content (AvgIpc) is 3.51. The predicted octanol–water partition coefficient (Wildman–Crippen LogP) is 12.1. The molecule has 0 atom stereocenters. The van der Waals surface area contributed by atoms with Crippen LogP contribution in [0.2, 0.25) is 0 Å². The van der Waals surface area contributed by atoms with Gasteiger partial charge in [0.15, 0.2) is 0 Å². The minimum Gasteiger partial charge on any atom is -0.386 e. The van der Waals surface area contributed by atoms with E-state index < -0.39 is 0 Å². The molecule has 7 aromatic carbocycles. The second-order valence-corrected chi connectivity index (χ2v) is 13.0. The zero-order valence-corrected chi connectivity index (χ0v) is 26.0. The van der Waals surface area contributed by atoms with Crippen molar-refractivity contribution in [2.45, 2.75) is 6.54 Å². The normalized spacial score (nSPS) is 12.3. The van der Waals surface area contributed by atoms with Gasteiger partial charge in [-0.3, -0.25) is 0 Å². The fourth-order valence-corrected chi connectivity index (χ4v) is 7.97. The minimum absolute atomic E-state index is 0.867. The zero-order chi connectivity index (χ0) is 30.5. The third kappa shape index (κ3) is 4.65. The zero-order valence-electron chi connectivity index (χ0n) is 25.2. The molecule has 0 fully saturated rings. The van der Waals surface area contributed by atoms with Gasteiger partial charge in [0.05, 0.1) is 10.4 Å². The summed E-state index contributed by atoms with van der Waals surface area (Å²) in [4.78, 5) is 3.79. The number of rotatable bonds is 5. The SMILES string of the molecule is C1=Cc2c(sc3c(N(c4ccc(-c5ccc6ccccc6c5)cc4)c4ccc(-c5ccc6ccccc6c5)cc4)cccc23)CN1. The van der Waals surface area contributed by atoms with Gasteiger partial charge in [-0.15, -0.1) is 11.3 Å². The molecule has 0 bridgehead atoms. The molecule has 9 rings (SSSR count). The highest BCUT2D eigenvalue weighted by Gasteiger charge is 2.20. The van der Waals surface area contributed by atoms with Crippen molar-refractivity contribution in [3.8, 4) is 22.3 Å². The number of anilines is 3. The largest absolute Gasteiger partial charge is 0.386 e. The third-order valence-corrected chi connectivity index (χ3v) is 10.3. The van der Waals surface area contributed by atoms with Crippen molar-refractivity contribution in [2.24, 2.45) is 0 Å². The quantitative estimate of drug-likeness (QED) is 0.210. The highest BCUT2D eigenvalue weighted by Crippen LogP contribution is 2.45. The topological polar surface area (TPSA) is 15.3 Å². The molecule has 218 valence electrons. The molecule has 1 aliphatic rings. The first-order chi connectivity index (χ1) is 22.8. The molecule has 2 heterocycles. The number of hydrogen-bond donors (Lipinski definition) is 1. The van der Waals surface area contributed by atoms with Gasteiger partial charge >= 0.3 is 0 Å². The van der Waals surface area contributed by atoms with Crippen LogP contribution in [0.15, 0.2) is 158 Å². The van der Waals surface area contributed by atoms with Crippen LogP contribution in [0.3, 0.4) is 0 Å². The second kappa shape index (κ2) is 11.1. The lowest BCUT2D eigenvalue weighted by Crippen LogP contribution is -2.10. The molecule has 46 heavy (non-hydrogen) atoms. The first-order valence-electron chi connectivity index (χ1n) is 15.7. The molecule has 8 aromatic rings. The van der Waals surface area contributed by atoms with Crippen LogP contribution in [0.5, 0.6) is 0 Å². The summed E-state index contributed by atoms with van der Waals surface area (Å²) < 4.78 is 1.30. The van der Waals surface area contributed by atoms with Crippen molar-refractivity contribution in [2.75, 3.05) is 4.90 Å². The average molecular weight is 607 g/mol. The monoisotopic (exact) mass is 606 g/mol. The first kappa shape index (κ1) is 26.7. The maximum absolute atomic E-state index is 3.40. The Morgan fingerprint density at radius 2 is 1.04 bits per heavy atom. The molecular weight excluding hydrogens is 577 g/mol. The summed E-state index contributed by atoms with van der Waals surface area (Å²) >= 11 is 1.89. The van der Waals surface area contributed by atoms with E-state index in [-0.39, 0.29) is 0 Å². The summed E-state index contributed by atoms with van der Waals surface area (Å²) in [6, 6.07) is 55.3. The van der Waals surface area contributed by atoms with Gasteiger partial charge in [0.1, 0.15) is 0 Å². The number of hydrogen-bond acceptors (Lipinski definition) is 3. The first-order valence-corrected chi connectivity index (χ1v) is 16.5. The summed E-state index contributed by atoms with van der Waals surface area (Å²) in [5, 5.41) is 9.74. The second-order valence-electron chi connectivity index (χ2n) is 11.9. The molecule has 0 saturated carbocycles. The van der Waals surface area contributed by atoms with E-state index in [4.69, 9.17) is 0 Å². The van der Waals surface area contributed by atoms with E-state index in [0.29, 0.717) is 0 Å². The molecule has 1 N–H and O–H groups in total. The van der Waals surface area contributed by atoms with Crippen LogP contribution in [0.4, 0.5) is 17.1 Å². The molecule has 0 amide bonds. The van der Waals surface area contributed by atoms with Gasteiger partial charge in [-0.25, -0.2) is 0 Å². The fraction of sp³-hybridized carbons (Fsp3) is 0.0233. The van der Waals surface area contributed by atoms with E-state index in [1.54, 1.807) is 0 Å². The van der Waals surface area contributed by atoms with Gasteiger partial charge in [-0.2, -0.15) is 0 Å². The fourth-order valence-electron chi connectivity index (χ4n) is 6.73. The summed E-state index contributed by atoms with van der Waals surface area (Å²) in [5.74, 6) is 0. The van der Waals surface area contributed by atoms with Crippen molar-refractivity contribution in [3.63, 3.8) is 0 Å². The Labute approximate surface area is 272 Å². The molecule has 0 radical (unpaired) electrons. The maximum Gasteiger partial charge on any atom is 0.0640 e. The van der Waals surface area contributed by atoms with Crippen LogP contribution in [0.1, 0.15) is 10.4 Å². The molecule has 1 aliphatic heterocycles. The molecule has 0 saturated heterocycles. The van der Waals surface area contributed by atoms with Gasteiger partial charge < -0.3 is 10.2 Å². The van der Waals surface area contributed by atoms with Crippen molar-refractivity contribution in [3.05, 3.63) is 168 Å². The molecular formula is C43H30N2S. The molecule has 0 unspecified atom stereocenters. The molecule has 3 heteroatoms. The van der Waals surface area contributed by atoms with Gasteiger partial charge in [0.25, 0.3) is 0 Å². The standard InChI is InChI=1S/C43H30N2S/c1-3-8-33-26-35(14-12-29(33)6-1)31-16-20-37(21-17-31)45(41-11-5-10-40-39-24-25-44-28-42(39)46-43(40)41)38-22-18-32(19-23-38)36-15-13-30-7-2-4-9-34(30)27-36/h1-27,44H,28H2. The number of benzene rings is 7. The Bertz CT molecular complexity index is 2290. The number of fused-ring (bicyclic) bond motifs is 5. The van der Waals surface area contributed by atoms with E-state index >= 15 is 0 Å². The lowest BCUT2D eigenvalue weighted by atomic mass is 10.00. The smallest absolute Gasteiger partial charge is 0.0640 e. The Kier molecular flexibility index (Phi) is 6.43. The van der Waals surface area contributed by atoms with Gasteiger partial charge in [-0.05, 0) is 104 Å². The summed E-state index contributed by atoms with van der Waals surface area (Å²) in [6.07, 6.45) is 4.28. The Hall–Kier alpha value is -5.64. The minimum atomic E-state index is 0.867. The number of thiophene rings is 1. The van der Waals surface area contributed by atoms with Crippen LogP contribution < -0.4 is 10.2 Å². The van der Waals surface area contributed by atoms with Crippen molar-refractivity contribution in [1.29, 1.82) is 0 Å². The van der Waals surface area contributed by atoms with Gasteiger partial charge in [0.2, 0.25) is 0 Å². The van der Waals surface area contributed by atoms with Crippen LogP contribution in [-0.4, -0.2) is 0 Å². The summed E-state index contributed by atoms with van der Waals surface area (Å²) in [5.41, 5.74) is 9.67. The van der Waals surface area contributed by atoms with Gasteiger partial charge in [-0.1, -0.05) is 109 Å². The van der Waals surface area contributed by atoms with E-state index in [9.17, 15) is 0 Å². The number of nitrogens with zero attached hydrogens (tertiary/aromatic N) is 1. The summed E-state index contributed by atoms with van der Waals surface area (Å²) in [6.45, 7) is 0.867. The highest BCUT2D eigenvalue weighted by molar-refractivity contribution is 7.20. The van der Waals surface area contributed by atoms with Crippen LogP contribution in [0.25, 0.3) is 60.0 Å². The number of nitrogens with one attached hydrogen (secondary N) is 1. The Morgan fingerprint density at radius 1 is 0.500 bits per heavy atom. The van der Waals surface area contributed by atoms with Crippen LogP contribution >= 0.6 is 11.3 Å². The van der Waals surface area contributed by atoms with E-state index in [2.05, 4.69) is 174 Å². The molecule has 0 aliphatic carbocycles. The Morgan fingerprint density at radius 3 is 1.63 bits per heavy atom. The lowest BCUT2D eigenvalue weighted by molar-refractivity contribution is 0.878. The van der Waals surface area contributed by atoms with Crippen molar-refractivity contribution in [1.82, 2.24) is 5.32 Å². The van der Waals surface area contributed by atoms with Crippen molar-refractivity contribution < 1.29 is 0 Å². The van der Waals surface area contributed by atoms with E-state index in [1.807, 2.05) is 11.3 Å². The van der Waals surface area contributed by atoms with Crippen LogP contribution in [-0.2, 0) is 6.54 Å². The third-order valence-electron chi connectivity index (χ3n) is 9.10. The molecule has 0 spiro atoms.